The number of hydrogen-bond donors (Lipinski definition) is 2. The summed E-state index contributed by atoms with van der Waals surface area (Å²) in [5.41, 5.74) is 6.57. The van der Waals surface area contributed by atoms with E-state index in [1.54, 1.807) is 30.3 Å². The van der Waals surface area contributed by atoms with E-state index in [2.05, 4.69) is 5.32 Å². The van der Waals surface area contributed by atoms with Gasteiger partial charge in [0.25, 0.3) is 5.91 Å². The smallest absolute Gasteiger partial charge is 0.331 e. The second-order valence-corrected chi connectivity index (χ2v) is 6.29. The fourth-order valence-corrected chi connectivity index (χ4v) is 2.43. The molecule has 9 nitrogen and oxygen atoms in total. The highest BCUT2D eigenvalue weighted by atomic mass is 16.5. The summed E-state index contributed by atoms with van der Waals surface area (Å²) in [5, 5.41) is 2.59. The normalized spacial score (nSPS) is 10.4. The molecule has 0 spiro atoms. The number of anilines is 1. The molecule has 0 unspecified atom stereocenters. The maximum absolute atomic E-state index is 12.1. The van der Waals surface area contributed by atoms with Crippen molar-refractivity contribution in [2.24, 2.45) is 5.73 Å². The molecule has 0 saturated carbocycles. The standard InChI is InChI=1S/C22H22N2O7/c1-14(25)24-17-7-5-16(6-8-17)18(26)12-31-22(28)10-4-15-3-9-19(20(11-15)29-2)30-13-21(23)27/h3-11H,12-13H2,1-2H3,(H2,23,27)(H,24,25)/b10-4+. The fraction of sp³-hybridized carbons (Fsp3) is 0.182. The average Bonchev–Trinajstić information content (AvgIpc) is 2.74. The van der Waals surface area contributed by atoms with Crippen molar-refractivity contribution in [1.29, 1.82) is 0 Å². The van der Waals surface area contributed by atoms with E-state index in [9.17, 15) is 19.2 Å². The maximum Gasteiger partial charge on any atom is 0.331 e. The third-order valence-electron chi connectivity index (χ3n) is 3.84. The molecule has 2 rings (SSSR count). The molecule has 0 bridgehead atoms. The lowest BCUT2D eigenvalue weighted by atomic mass is 10.1. The van der Waals surface area contributed by atoms with Gasteiger partial charge in [-0.1, -0.05) is 6.07 Å². The number of carbonyl (C=O) groups is 4. The summed E-state index contributed by atoms with van der Waals surface area (Å²) < 4.78 is 15.4. The van der Waals surface area contributed by atoms with Crippen LogP contribution < -0.4 is 20.5 Å². The zero-order valence-corrected chi connectivity index (χ0v) is 17.0. The highest BCUT2D eigenvalue weighted by Crippen LogP contribution is 2.28. The summed E-state index contributed by atoms with van der Waals surface area (Å²) >= 11 is 0. The van der Waals surface area contributed by atoms with Crippen LogP contribution in [0.3, 0.4) is 0 Å². The van der Waals surface area contributed by atoms with Crippen molar-refractivity contribution >= 4 is 35.3 Å². The molecule has 0 atom stereocenters. The van der Waals surface area contributed by atoms with Gasteiger partial charge in [-0.3, -0.25) is 14.4 Å². The molecule has 0 fully saturated rings. The quantitative estimate of drug-likeness (QED) is 0.337. The van der Waals surface area contributed by atoms with E-state index in [-0.39, 0.29) is 18.3 Å². The monoisotopic (exact) mass is 426 g/mol. The Kier molecular flexibility index (Phi) is 8.32. The van der Waals surface area contributed by atoms with Gasteiger partial charge in [-0.25, -0.2) is 4.79 Å². The summed E-state index contributed by atoms with van der Waals surface area (Å²) in [5.74, 6) is -1.23. The Bertz CT molecular complexity index is 997. The Morgan fingerprint density at radius 2 is 1.71 bits per heavy atom. The number of ether oxygens (including phenoxy) is 3. The number of nitrogens with two attached hydrogens (primary N) is 1. The first-order chi connectivity index (χ1) is 14.8. The van der Waals surface area contributed by atoms with E-state index < -0.39 is 18.5 Å². The molecule has 31 heavy (non-hydrogen) atoms. The van der Waals surface area contributed by atoms with Crippen molar-refractivity contribution < 1.29 is 33.4 Å². The van der Waals surface area contributed by atoms with Crippen LogP contribution in [0.1, 0.15) is 22.8 Å². The minimum Gasteiger partial charge on any atom is -0.493 e. The Morgan fingerprint density at radius 3 is 2.32 bits per heavy atom. The van der Waals surface area contributed by atoms with Gasteiger partial charge in [0.1, 0.15) is 0 Å². The van der Waals surface area contributed by atoms with Gasteiger partial charge < -0.3 is 25.3 Å². The van der Waals surface area contributed by atoms with E-state index in [4.69, 9.17) is 19.9 Å². The van der Waals surface area contributed by atoms with Gasteiger partial charge in [0.2, 0.25) is 5.91 Å². The van der Waals surface area contributed by atoms with E-state index in [1.807, 2.05) is 0 Å². The molecule has 0 aliphatic rings. The van der Waals surface area contributed by atoms with E-state index in [0.29, 0.717) is 28.3 Å². The topological polar surface area (TPSA) is 134 Å². The van der Waals surface area contributed by atoms with Gasteiger partial charge in [0.15, 0.2) is 30.5 Å². The molecule has 2 amide bonds. The Morgan fingerprint density at radius 1 is 1.00 bits per heavy atom. The third kappa shape index (κ3) is 7.65. The Hall–Kier alpha value is -4.14. The number of nitrogens with one attached hydrogen (secondary N) is 1. The molecular weight excluding hydrogens is 404 g/mol. The number of hydrogen-bond acceptors (Lipinski definition) is 7. The number of esters is 1. The summed E-state index contributed by atoms with van der Waals surface area (Å²) in [4.78, 5) is 45.9. The van der Waals surface area contributed by atoms with Crippen LogP contribution in [0.2, 0.25) is 0 Å². The van der Waals surface area contributed by atoms with Gasteiger partial charge >= 0.3 is 5.97 Å². The van der Waals surface area contributed by atoms with Gasteiger partial charge in [-0.05, 0) is 48.0 Å². The minimum absolute atomic E-state index is 0.217. The fourth-order valence-electron chi connectivity index (χ4n) is 2.43. The van der Waals surface area contributed by atoms with Crippen LogP contribution in [0.5, 0.6) is 11.5 Å². The van der Waals surface area contributed by atoms with E-state index in [0.717, 1.165) is 0 Å². The molecule has 0 radical (unpaired) electrons. The minimum atomic E-state index is -0.698. The maximum atomic E-state index is 12.1. The third-order valence-corrected chi connectivity index (χ3v) is 3.84. The second kappa shape index (κ2) is 11.1. The Labute approximate surface area is 178 Å². The van der Waals surface area contributed by atoms with Crippen molar-refractivity contribution in [2.45, 2.75) is 6.92 Å². The van der Waals surface area contributed by atoms with Gasteiger partial charge in [0.05, 0.1) is 7.11 Å². The van der Waals surface area contributed by atoms with Crippen LogP contribution in [-0.2, 0) is 19.1 Å². The van der Waals surface area contributed by atoms with Crippen molar-refractivity contribution in [3.63, 3.8) is 0 Å². The number of rotatable bonds is 10. The number of amides is 2. The van der Waals surface area contributed by atoms with Crippen LogP contribution in [0, 0.1) is 0 Å². The molecule has 9 heteroatoms. The number of Topliss-reactive ketones (excluding diaryl/α,β-unsaturated/α-hetero) is 1. The Balaban J connectivity index is 1.90. The number of primary amides is 1. The predicted molar refractivity (Wildman–Crippen MR) is 113 cm³/mol. The first-order valence-corrected chi connectivity index (χ1v) is 9.13. The number of benzene rings is 2. The van der Waals surface area contributed by atoms with Crippen molar-refractivity contribution in [1.82, 2.24) is 0 Å². The molecule has 0 aliphatic carbocycles. The second-order valence-electron chi connectivity index (χ2n) is 6.29. The number of methoxy groups -OCH3 is 1. The molecule has 0 saturated heterocycles. The van der Waals surface area contributed by atoms with E-state index >= 15 is 0 Å². The van der Waals surface area contributed by atoms with Crippen molar-refractivity contribution in [3.8, 4) is 11.5 Å². The SMILES string of the molecule is COc1cc(/C=C/C(=O)OCC(=O)c2ccc(NC(C)=O)cc2)ccc1OCC(N)=O. The van der Waals surface area contributed by atoms with Crippen LogP contribution in [0.15, 0.2) is 48.5 Å². The van der Waals surface area contributed by atoms with E-state index in [1.165, 1.54) is 38.3 Å². The van der Waals surface area contributed by atoms with Crippen LogP contribution >= 0.6 is 0 Å². The van der Waals surface area contributed by atoms with Crippen molar-refractivity contribution in [3.05, 3.63) is 59.7 Å². The van der Waals surface area contributed by atoms with Crippen molar-refractivity contribution in [2.75, 3.05) is 25.6 Å². The summed E-state index contributed by atoms with van der Waals surface area (Å²) in [6.45, 7) is 0.669. The zero-order valence-electron chi connectivity index (χ0n) is 17.0. The molecule has 2 aromatic carbocycles. The predicted octanol–water partition coefficient (Wildman–Crippen LogP) is 1.96. The number of carbonyl (C=O) groups excluding carboxylic acids is 4. The van der Waals surface area contributed by atoms with Crippen LogP contribution in [0.25, 0.3) is 6.08 Å². The summed E-state index contributed by atoms with van der Waals surface area (Å²) in [6, 6.07) is 11.0. The van der Waals surface area contributed by atoms with Crippen LogP contribution in [0.4, 0.5) is 5.69 Å². The lowest BCUT2D eigenvalue weighted by Gasteiger charge is -2.09. The molecule has 0 aromatic heterocycles. The van der Waals surface area contributed by atoms with Gasteiger partial charge in [0, 0.05) is 24.3 Å². The molecule has 162 valence electrons. The lowest BCUT2D eigenvalue weighted by molar-refractivity contribution is -0.136. The molecule has 0 heterocycles. The first-order valence-electron chi connectivity index (χ1n) is 9.13. The zero-order chi connectivity index (χ0) is 22.8. The molecule has 0 aliphatic heterocycles. The lowest BCUT2D eigenvalue weighted by Crippen LogP contribution is -2.20. The van der Waals surface area contributed by atoms with Gasteiger partial charge in [-0.2, -0.15) is 0 Å². The molecule has 2 aromatic rings. The summed E-state index contributed by atoms with van der Waals surface area (Å²) in [6.07, 6.45) is 2.65. The van der Waals surface area contributed by atoms with Gasteiger partial charge in [-0.15, -0.1) is 0 Å². The largest absolute Gasteiger partial charge is 0.493 e. The molecule has 3 N–H and O–H groups in total. The van der Waals surface area contributed by atoms with Crippen LogP contribution in [-0.4, -0.2) is 43.9 Å². The highest BCUT2D eigenvalue weighted by molar-refractivity contribution is 5.99. The first kappa shape index (κ1) is 23.1. The highest BCUT2D eigenvalue weighted by Gasteiger charge is 2.10. The molecular formula is C22H22N2O7. The summed E-state index contributed by atoms with van der Waals surface area (Å²) in [7, 11) is 1.43. The average molecular weight is 426 g/mol. The number of ketones is 1.